The van der Waals surface area contributed by atoms with E-state index in [1.54, 1.807) is 0 Å². The zero-order valence-electron chi connectivity index (χ0n) is 12.8. The summed E-state index contributed by atoms with van der Waals surface area (Å²) in [5.41, 5.74) is 4.11. The van der Waals surface area contributed by atoms with Crippen molar-refractivity contribution in [3.05, 3.63) is 79.3 Å². The fourth-order valence-electron chi connectivity index (χ4n) is 2.61. The van der Waals surface area contributed by atoms with Crippen molar-refractivity contribution in [2.45, 2.75) is 25.4 Å². The number of rotatable bonds is 3. The first kappa shape index (κ1) is 17.7. The smallest absolute Gasteiger partial charge is 0.194 e. The van der Waals surface area contributed by atoms with Gasteiger partial charge in [-0.25, -0.2) is 0 Å². The first-order valence-electron chi connectivity index (χ1n) is 7.28. The zero-order valence-corrected chi connectivity index (χ0v) is 14.3. The van der Waals surface area contributed by atoms with Gasteiger partial charge in [0.15, 0.2) is 7.05 Å². The Hall–Kier alpha value is -1.62. The van der Waals surface area contributed by atoms with Gasteiger partial charge >= 0.3 is 0 Å². The Balaban J connectivity index is 0.000000433. The number of hydrogen-bond donors (Lipinski definition) is 1. The van der Waals surface area contributed by atoms with Crippen LogP contribution in [0.1, 0.15) is 16.7 Å². The lowest BCUT2D eigenvalue weighted by Crippen LogP contribution is -2.28. The topological polar surface area (TPSA) is 55.2 Å². The molecule has 2 aromatic rings. The van der Waals surface area contributed by atoms with Gasteiger partial charge in [0.25, 0.3) is 0 Å². The monoisotopic (exact) mass is 352 g/mol. The van der Waals surface area contributed by atoms with Gasteiger partial charge in [0.2, 0.25) is 0 Å². The van der Waals surface area contributed by atoms with Crippen LogP contribution < -0.4 is 5.32 Å². The van der Waals surface area contributed by atoms with E-state index in [1.165, 1.54) is 16.7 Å². The van der Waals surface area contributed by atoms with Crippen LogP contribution in [0.4, 0.5) is 0 Å². The van der Waals surface area contributed by atoms with E-state index in [1.807, 2.05) is 18.2 Å². The second-order valence-corrected chi connectivity index (χ2v) is 6.26. The van der Waals surface area contributed by atoms with E-state index in [4.69, 9.17) is 33.3 Å². The van der Waals surface area contributed by atoms with Gasteiger partial charge < -0.3 is 5.32 Å². The van der Waals surface area contributed by atoms with E-state index < -0.39 is 4.92 Å². The summed E-state index contributed by atoms with van der Waals surface area (Å²) < 4.78 is 0. The summed E-state index contributed by atoms with van der Waals surface area (Å²) in [6, 6.07) is 15.0. The normalized spacial score (nSPS) is 13.2. The summed E-state index contributed by atoms with van der Waals surface area (Å²) in [6.07, 6.45) is 2.22. The van der Waals surface area contributed by atoms with Gasteiger partial charge in [-0.05, 0) is 41.7 Å². The van der Waals surface area contributed by atoms with Gasteiger partial charge in [0.05, 0.1) is 10.0 Å². The van der Waals surface area contributed by atoms with Gasteiger partial charge in [0.1, 0.15) is 0 Å². The lowest BCUT2D eigenvalue weighted by Gasteiger charge is -2.12. The minimum atomic E-state index is -0.500. The lowest BCUT2D eigenvalue weighted by atomic mass is 10.1. The summed E-state index contributed by atoms with van der Waals surface area (Å²) in [5, 5.41) is 13.6. The van der Waals surface area contributed by atoms with Crippen molar-refractivity contribution in [3.63, 3.8) is 0 Å². The number of nitrogens with one attached hydrogen (secondary N) is 1. The van der Waals surface area contributed by atoms with Crippen LogP contribution in [-0.2, 0) is 19.4 Å². The summed E-state index contributed by atoms with van der Waals surface area (Å²) >= 11 is 11.9. The predicted molar refractivity (Wildman–Crippen MR) is 93.9 cm³/mol. The summed E-state index contributed by atoms with van der Waals surface area (Å²) in [5.74, 6) is 0. The van der Waals surface area contributed by atoms with Crippen molar-refractivity contribution in [1.82, 2.24) is 5.32 Å². The van der Waals surface area contributed by atoms with Gasteiger partial charge in [-0.15, -0.1) is 0 Å². The van der Waals surface area contributed by atoms with Crippen LogP contribution in [0.25, 0.3) is 0 Å². The Kier molecular flexibility index (Phi) is 6.39. The molecule has 1 aliphatic carbocycles. The molecule has 0 spiro atoms. The maximum absolute atomic E-state index is 8.81. The molecule has 3 rings (SSSR count). The van der Waals surface area contributed by atoms with Gasteiger partial charge in [-0.1, -0.05) is 53.5 Å². The van der Waals surface area contributed by atoms with E-state index in [0.717, 1.165) is 26.4 Å². The highest BCUT2D eigenvalue weighted by Crippen LogP contribution is 2.24. The van der Waals surface area contributed by atoms with E-state index in [-0.39, 0.29) is 0 Å². The lowest BCUT2D eigenvalue weighted by molar-refractivity contribution is -0.445. The average Bonchev–Trinajstić information content (AvgIpc) is 2.91. The number of halogens is 2. The number of hydrogen-bond acceptors (Lipinski definition) is 3. The van der Waals surface area contributed by atoms with Crippen molar-refractivity contribution in [2.75, 3.05) is 7.05 Å². The molecular formula is C17H18Cl2N2O2. The van der Waals surface area contributed by atoms with Crippen molar-refractivity contribution in [1.29, 1.82) is 0 Å². The Morgan fingerprint density at radius 2 is 1.70 bits per heavy atom. The summed E-state index contributed by atoms with van der Waals surface area (Å²) in [6.45, 7) is 0.829. The van der Waals surface area contributed by atoms with Crippen LogP contribution in [-0.4, -0.2) is 18.0 Å². The molecule has 0 aliphatic heterocycles. The molecule has 0 aromatic heterocycles. The fourth-order valence-corrected chi connectivity index (χ4v) is 2.94. The maximum atomic E-state index is 8.81. The Bertz CT molecular complexity index is 663. The van der Waals surface area contributed by atoms with Crippen LogP contribution in [0.15, 0.2) is 42.5 Å². The highest BCUT2D eigenvalue weighted by molar-refractivity contribution is 6.42. The minimum Gasteiger partial charge on any atom is -0.309 e. The van der Waals surface area contributed by atoms with Gasteiger partial charge in [0, 0.05) is 17.5 Å². The third kappa shape index (κ3) is 5.50. The largest absolute Gasteiger partial charge is 0.309 e. The first-order valence-corrected chi connectivity index (χ1v) is 8.03. The van der Waals surface area contributed by atoms with E-state index in [9.17, 15) is 0 Å². The van der Waals surface area contributed by atoms with Crippen LogP contribution >= 0.6 is 23.2 Å². The first-order chi connectivity index (χ1) is 11.0. The van der Waals surface area contributed by atoms with Gasteiger partial charge in [-0.2, -0.15) is 0 Å². The molecule has 0 amide bonds. The molecule has 0 saturated carbocycles. The number of nitrogens with zero attached hydrogens (tertiary/aromatic N) is 1. The molecule has 0 bridgehead atoms. The standard InChI is InChI=1S/C16H15Cl2N.CH3NO2/c17-15-6-5-11(7-16(15)18)10-19-14-8-12-3-1-2-4-13(12)9-14;1-2(3)4/h1-7,14,19H,8-10H2;1H3. The molecule has 122 valence electrons. The summed E-state index contributed by atoms with van der Waals surface area (Å²) in [4.78, 5) is 8.31. The Labute approximate surface area is 145 Å². The number of nitro groups is 1. The summed E-state index contributed by atoms with van der Waals surface area (Å²) in [7, 11) is 0.889. The third-order valence-electron chi connectivity index (χ3n) is 3.63. The van der Waals surface area contributed by atoms with Crippen LogP contribution in [0.2, 0.25) is 10.0 Å². The SMILES string of the molecule is C[N+](=O)[O-].Clc1ccc(CNC2Cc3ccccc3C2)cc1Cl. The molecule has 4 nitrogen and oxygen atoms in total. The molecule has 0 radical (unpaired) electrons. The number of fused-ring (bicyclic) bond motifs is 1. The van der Waals surface area contributed by atoms with Crippen LogP contribution in [0.5, 0.6) is 0 Å². The molecule has 23 heavy (non-hydrogen) atoms. The molecule has 0 heterocycles. The van der Waals surface area contributed by atoms with Crippen LogP contribution in [0, 0.1) is 10.1 Å². The van der Waals surface area contributed by atoms with E-state index in [2.05, 4.69) is 29.6 Å². The minimum absolute atomic E-state index is 0.500. The fraction of sp³-hybridized carbons (Fsp3) is 0.294. The predicted octanol–water partition coefficient (Wildman–Crippen LogP) is 4.14. The maximum Gasteiger partial charge on any atom is 0.194 e. The molecule has 1 aliphatic rings. The van der Waals surface area contributed by atoms with Crippen molar-refractivity contribution >= 4 is 23.2 Å². The molecule has 0 fully saturated rings. The zero-order chi connectivity index (χ0) is 16.8. The molecule has 1 N–H and O–H groups in total. The number of benzene rings is 2. The molecule has 2 aromatic carbocycles. The molecule has 6 heteroatoms. The second kappa shape index (κ2) is 8.29. The second-order valence-electron chi connectivity index (χ2n) is 5.44. The van der Waals surface area contributed by atoms with Crippen molar-refractivity contribution in [3.8, 4) is 0 Å². The van der Waals surface area contributed by atoms with E-state index >= 15 is 0 Å². The molecule has 0 atom stereocenters. The van der Waals surface area contributed by atoms with E-state index in [0.29, 0.717) is 16.1 Å². The highest BCUT2D eigenvalue weighted by Gasteiger charge is 2.20. The third-order valence-corrected chi connectivity index (χ3v) is 4.37. The average molecular weight is 353 g/mol. The molecule has 0 saturated heterocycles. The van der Waals surface area contributed by atoms with Crippen molar-refractivity contribution < 1.29 is 4.92 Å². The quantitative estimate of drug-likeness (QED) is 0.666. The van der Waals surface area contributed by atoms with Crippen LogP contribution in [0.3, 0.4) is 0 Å². The Morgan fingerprint density at radius 1 is 1.13 bits per heavy atom. The van der Waals surface area contributed by atoms with Crippen molar-refractivity contribution in [2.24, 2.45) is 0 Å². The Morgan fingerprint density at radius 3 is 2.22 bits per heavy atom. The molecular weight excluding hydrogens is 335 g/mol. The molecule has 0 unspecified atom stereocenters. The van der Waals surface area contributed by atoms with Gasteiger partial charge in [-0.3, -0.25) is 10.1 Å². The highest BCUT2D eigenvalue weighted by atomic mass is 35.5.